The van der Waals surface area contributed by atoms with Crippen LogP contribution in [-0.2, 0) is 4.79 Å². The summed E-state index contributed by atoms with van der Waals surface area (Å²) in [6.07, 6.45) is 0.834. The largest absolute Gasteiger partial charge is 0.370 e. The Labute approximate surface area is 136 Å². The van der Waals surface area contributed by atoms with Gasteiger partial charge in [-0.15, -0.1) is 0 Å². The van der Waals surface area contributed by atoms with Crippen LogP contribution in [0, 0.1) is 20.8 Å². The smallest absolute Gasteiger partial charge is 0.253 e. The molecule has 0 saturated heterocycles. The van der Waals surface area contributed by atoms with Crippen molar-refractivity contribution in [3.63, 3.8) is 0 Å². The van der Waals surface area contributed by atoms with E-state index in [0.717, 1.165) is 17.1 Å². The molecule has 5 nitrogen and oxygen atoms in total. The standard InChI is InChI=1S/C18H23N3O2/c1-12-6-4-7-15(10-12)21-13(2)11-16(14(21)3)18(23)20-9-5-8-17(19)22/h4,6-7,10-11H,5,8-9H2,1-3H3,(H2,19,22)(H,20,23). The maximum atomic E-state index is 12.3. The minimum absolute atomic E-state index is 0.124. The number of hydrogen-bond donors (Lipinski definition) is 2. The van der Waals surface area contributed by atoms with Gasteiger partial charge in [-0.1, -0.05) is 12.1 Å². The van der Waals surface area contributed by atoms with E-state index in [1.807, 2.05) is 45.0 Å². The molecule has 0 aliphatic carbocycles. The highest BCUT2D eigenvalue weighted by Gasteiger charge is 2.16. The first-order valence-electron chi connectivity index (χ1n) is 7.72. The third-order valence-corrected chi connectivity index (χ3v) is 3.82. The van der Waals surface area contributed by atoms with Crippen molar-refractivity contribution in [3.8, 4) is 5.69 Å². The van der Waals surface area contributed by atoms with Crippen LogP contribution >= 0.6 is 0 Å². The molecule has 3 N–H and O–H groups in total. The topological polar surface area (TPSA) is 77.1 Å². The number of rotatable bonds is 6. The van der Waals surface area contributed by atoms with Crippen molar-refractivity contribution in [3.05, 3.63) is 52.8 Å². The third kappa shape index (κ3) is 4.00. The Morgan fingerprint density at radius 1 is 1.17 bits per heavy atom. The quantitative estimate of drug-likeness (QED) is 0.803. The van der Waals surface area contributed by atoms with E-state index >= 15 is 0 Å². The monoisotopic (exact) mass is 313 g/mol. The molecule has 2 aromatic rings. The molecular formula is C18H23N3O2. The van der Waals surface area contributed by atoms with Gasteiger partial charge in [-0.05, 0) is 51.0 Å². The number of primary amides is 1. The van der Waals surface area contributed by atoms with Crippen LogP contribution in [0.3, 0.4) is 0 Å². The minimum Gasteiger partial charge on any atom is -0.370 e. The van der Waals surface area contributed by atoms with E-state index in [0.29, 0.717) is 18.5 Å². The summed E-state index contributed by atoms with van der Waals surface area (Å²) in [5.41, 5.74) is 9.88. The number of carbonyl (C=O) groups excluding carboxylic acids is 2. The van der Waals surface area contributed by atoms with Crippen molar-refractivity contribution in [2.24, 2.45) is 5.73 Å². The van der Waals surface area contributed by atoms with Crippen LogP contribution in [0.1, 0.15) is 40.2 Å². The number of nitrogens with zero attached hydrogens (tertiary/aromatic N) is 1. The molecule has 122 valence electrons. The summed E-state index contributed by atoms with van der Waals surface area (Å²) in [6, 6.07) is 10.1. The predicted octanol–water partition coefficient (Wildman–Crippen LogP) is 2.40. The van der Waals surface area contributed by atoms with Crippen molar-refractivity contribution in [2.45, 2.75) is 33.6 Å². The van der Waals surface area contributed by atoms with Gasteiger partial charge in [0.1, 0.15) is 0 Å². The van der Waals surface area contributed by atoms with Crippen LogP contribution in [0.2, 0.25) is 0 Å². The zero-order chi connectivity index (χ0) is 17.0. The molecule has 23 heavy (non-hydrogen) atoms. The molecule has 0 unspecified atom stereocenters. The van der Waals surface area contributed by atoms with Crippen molar-refractivity contribution in [1.82, 2.24) is 9.88 Å². The number of nitrogens with two attached hydrogens (primary N) is 1. The maximum absolute atomic E-state index is 12.3. The van der Waals surface area contributed by atoms with E-state index in [9.17, 15) is 9.59 Å². The van der Waals surface area contributed by atoms with Gasteiger partial charge in [0.25, 0.3) is 5.91 Å². The van der Waals surface area contributed by atoms with Gasteiger partial charge in [-0.2, -0.15) is 0 Å². The van der Waals surface area contributed by atoms with Gasteiger partial charge in [0.2, 0.25) is 5.91 Å². The number of benzene rings is 1. The van der Waals surface area contributed by atoms with E-state index < -0.39 is 0 Å². The lowest BCUT2D eigenvalue weighted by molar-refractivity contribution is -0.118. The summed E-state index contributed by atoms with van der Waals surface area (Å²) in [5.74, 6) is -0.474. The van der Waals surface area contributed by atoms with Crippen LogP contribution < -0.4 is 11.1 Å². The van der Waals surface area contributed by atoms with Crippen LogP contribution in [0.25, 0.3) is 5.69 Å². The summed E-state index contributed by atoms with van der Waals surface area (Å²) < 4.78 is 2.07. The Kier molecular flexibility index (Phi) is 5.21. The lowest BCUT2D eigenvalue weighted by Crippen LogP contribution is -2.26. The highest BCUT2D eigenvalue weighted by atomic mass is 16.2. The summed E-state index contributed by atoms with van der Waals surface area (Å²) >= 11 is 0. The fraction of sp³-hybridized carbons (Fsp3) is 0.333. The fourth-order valence-electron chi connectivity index (χ4n) is 2.72. The zero-order valence-electron chi connectivity index (χ0n) is 13.8. The highest BCUT2D eigenvalue weighted by molar-refractivity contribution is 5.95. The highest BCUT2D eigenvalue weighted by Crippen LogP contribution is 2.21. The molecule has 0 aliphatic rings. The summed E-state index contributed by atoms with van der Waals surface area (Å²) in [4.78, 5) is 23.0. The zero-order valence-corrected chi connectivity index (χ0v) is 13.8. The molecule has 2 rings (SSSR count). The van der Waals surface area contributed by atoms with Gasteiger partial charge in [-0.25, -0.2) is 0 Å². The van der Waals surface area contributed by atoms with E-state index in [1.165, 1.54) is 5.56 Å². The SMILES string of the molecule is Cc1cccc(-n2c(C)cc(C(=O)NCCCC(N)=O)c2C)c1. The van der Waals surface area contributed by atoms with Gasteiger partial charge in [0, 0.05) is 30.0 Å². The molecule has 1 aromatic heterocycles. The Morgan fingerprint density at radius 3 is 2.57 bits per heavy atom. The molecular weight excluding hydrogens is 290 g/mol. The number of hydrogen-bond acceptors (Lipinski definition) is 2. The van der Waals surface area contributed by atoms with Crippen molar-refractivity contribution in [1.29, 1.82) is 0 Å². The van der Waals surface area contributed by atoms with Gasteiger partial charge < -0.3 is 15.6 Å². The Morgan fingerprint density at radius 2 is 1.91 bits per heavy atom. The Balaban J connectivity index is 2.17. The maximum Gasteiger partial charge on any atom is 0.253 e. The van der Waals surface area contributed by atoms with Gasteiger partial charge >= 0.3 is 0 Å². The molecule has 0 fully saturated rings. The first-order chi connectivity index (χ1) is 10.9. The van der Waals surface area contributed by atoms with Gasteiger partial charge in [0.15, 0.2) is 0 Å². The normalized spacial score (nSPS) is 10.6. The van der Waals surface area contributed by atoms with Crippen LogP contribution in [-0.4, -0.2) is 22.9 Å². The number of aryl methyl sites for hydroxylation is 2. The van der Waals surface area contributed by atoms with E-state index in [2.05, 4.69) is 16.0 Å². The molecule has 0 bridgehead atoms. The fourth-order valence-corrected chi connectivity index (χ4v) is 2.72. The molecule has 0 spiro atoms. The molecule has 0 radical (unpaired) electrons. The average Bonchev–Trinajstić information content (AvgIpc) is 2.78. The molecule has 1 heterocycles. The van der Waals surface area contributed by atoms with Crippen LogP contribution in [0.4, 0.5) is 0 Å². The molecule has 0 saturated carbocycles. The van der Waals surface area contributed by atoms with E-state index in [4.69, 9.17) is 5.73 Å². The molecule has 0 aliphatic heterocycles. The first kappa shape index (κ1) is 16.8. The van der Waals surface area contributed by atoms with Crippen molar-refractivity contribution in [2.75, 3.05) is 6.54 Å². The Hall–Kier alpha value is -2.56. The minimum atomic E-state index is -0.350. The summed E-state index contributed by atoms with van der Waals surface area (Å²) in [7, 11) is 0. The number of carbonyl (C=O) groups is 2. The third-order valence-electron chi connectivity index (χ3n) is 3.82. The van der Waals surface area contributed by atoms with Crippen molar-refractivity contribution >= 4 is 11.8 Å². The van der Waals surface area contributed by atoms with Crippen molar-refractivity contribution < 1.29 is 9.59 Å². The van der Waals surface area contributed by atoms with Crippen LogP contribution in [0.5, 0.6) is 0 Å². The lowest BCUT2D eigenvalue weighted by Gasteiger charge is -2.11. The number of nitrogens with one attached hydrogen (secondary N) is 1. The molecule has 2 amide bonds. The average molecular weight is 313 g/mol. The Bertz CT molecular complexity index is 732. The number of amides is 2. The van der Waals surface area contributed by atoms with E-state index in [-0.39, 0.29) is 18.2 Å². The molecule has 5 heteroatoms. The molecule has 0 atom stereocenters. The van der Waals surface area contributed by atoms with Gasteiger partial charge in [0.05, 0.1) is 5.56 Å². The second-order valence-corrected chi connectivity index (χ2v) is 5.78. The summed E-state index contributed by atoms with van der Waals surface area (Å²) in [6.45, 7) is 6.41. The van der Waals surface area contributed by atoms with E-state index in [1.54, 1.807) is 0 Å². The number of aromatic nitrogens is 1. The predicted molar refractivity (Wildman–Crippen MR) is 90.7 cm³/mol. The van der Waals surface area contributed by atoms with Crippen LogP contribution in [0.15, 0.2) is 30.3 Å². The lowest BCUT2D eigenvalue weighted by atomic mass is 10.2. The first-order valence-corrected chi connectivity index (χ1v) is 7.72. The second kappa shape index (κ2) is 7.13. The second-order valence-electron chi connectivity index (χ2n) is 5.78. The summed E-state index contributed by atoms with van der Waals surface area (Å²) in [5, 5.41) is 2.84. The molecule has 1 aromatic carbocycles. The van der Waals surface area contributed by atoms with Gasteiger partial charge in [-0.3, -0.25) is 9.59 Å².